The van der Waals surface area contributed by atoms with Crippen molar-refractivity contribution in [2.75, 3.05) is 45.9 Å². The average Bonchev–Trinajstić information content (AvgIpc) is 3.67. The van der Waals surface area contributed by atoms with E-state index in [4.69, 9.17) is 9.15 Å². The highest BCUT2D eigenvalue weighted by Crippen LogP contribution is 2.50. The molecule has 6 rings (SSSR count). The Balaban J connectivity index is 1.31. The molecule has 3 aromatic rings. The van der Waals surface area contributed by atoms with Gasteiger partial charge in [-0.1, -0.05) is 12.1 Å². The second-order valence-electron chi connectivity index (χ2n) is 13.5. The molecule has 10 nitrogen and oxygen atoms in total. The van der Waals surface area contributed by atoms with Crippen LogP contribution >= 0.6 is 0 Å². The third kappa shape index (κ3) is 5.78. The number of aromatic amines is 1. The van der Waals surface area contributed by atoms with Gasteiger partial charge in [-0.25, -0.2) is 0 Å². The predicted molar refractivity (Wildman–Crippen MR) is 172 cm³/mol. The van der Waals surface area contributed by atoms with Gasteiger partial charge in [0, 0.05) is 79.3 Å². The van der Waals surface area contributed by atoms with Gasteiger partial charge >= 0.3 is 0 Å². The lowest BCUT2D eigenvalue weighted by atomic mass is 9.67. The standard InChI is InChI=1S/C35H47N5O5/c1-22(2)40(23(3)4)34(43)28-19-25(21-31(41)36-11-13-38-14-17-44-18-15-38)33(42)39-12-10-27-26-9-8-24(30-7-6-16-45-30)20-29(26)37-32(27)35(28,39)5/h6-9,16,20,22-23,25,28,37H,10-15,17-19,21H2,1-5H3,(H,36,41)/t25-,28-,35+/m1/s1. The number of piperidine rings is 1. The minimum absolute atomic E-state index is 0.00394. The topological polar surface area (TPSA) is 111 Å². The van der Waals surface area contributed by atoms with E-state index in [1.807, 2.05) is 56.6 Å². The van der Waals surface area contributed by atoms with Crippen molar-refractivity contribution in [2.45, 2.75) is 71.5 Å². The summed E-state index contributed by atoms with van der Waals surface area (Å²) in [7, 11) is 0. The summed E-state index contributed by atoms with van der Waals surface area (Å²) in [5.74, 6) is -0.453. The first-order chi connectivity index (χ1) is 21.6. The summed E-state index contributed by atoms with van der Waals surface area (Å²) in [4.78, 5) is 51.8. The number of hydrogen-bond donors (Lipinski definition) is 2. The van der Waals surface area contributed by atoms with E-state index in [1.54, 1.807) is 6.26 Å². The van der Waals surface area contributed by atoms with Crippen molar-refractivity contribution in [3.8, 4) is 11.3 Å². The molecule has 0 unspecified atom stereocenters. The van der Waals surface area contributed by atoms with Gasteiger partial charge in [0.05, 0.1) is 30.9 Å². The van der Waals surface area contributed by atoms with Gasteiger partial charge in [0.15, 0.2) is 0 Å². The van der Waals surface area contributed by atoms with Gasteiger partial charge in [0.2, 0.25) is 17.7 Å². The van der Waals surface area contributed by atoms with Crippen LogP contribution in [0.4, 0.5) is 0 Å². The third-order valence-electron chi connectivity index (χ3n) is 10.1. The lowest BCUT2D eigenvalue weighted by molar-refractivity contribution is -0.166. The van der Waals surface area contributed by atoms with Gasteiger partial charge in [0.25, 0.3) is 0 Å². The molecule has 0 spiro atoms. The number of benzene rings is 1. The van der Waals surface area contributed by atoms with Gasteiger partial charge in [-0.2, -0.15) is 0 Å². The maximum atomic E-state index is 14.6. The normalized spacial score (nSPS) is 23.8. The number of furan rings is 1. The molecule has 0 aliphatic carbocycles. The number of carbonyl (C=O) groups excluding carboxylic acids is 3. The molecule has 10 heteroatoms. The number of rotatable bonds is 9. The lowest BCUT2D eigenvalue weighted by Gasteiger charge is -2.54. The third-order valence-corrected chi connectivity index (χ3v) is 10.1. The van der Waals surface area contributed by atoms with Gasteiger partial charge < -0.3 is 29.3 Å². The predicted octanol–water partition coefficient (Wildman–Crippen LogP) is 4.15. The van der Waals surface area contributed by atoms with Crippen molar-refractivity contribution in [1.29, 1.82) is 0 Å². The fourth-order valence-electron chi connectivity index (χ4n) is 7.94. The first kappa shape index (κ1) is 31.4. The molecule has 2 aromatic heterocycles. The van der Waals surface area contributed by atoms with Crippen molar-refractivity contribution in [3.05, 3.63) is 47.9 Å². The maximum Gasteiger partial charge on any atom is 0.228 e. The molecule has 5 heterocycles. The Hall–Kier alpha value is -3.63. The van der Waals surface area contributed by atoms with E-state index in [0.717, 1.165) is 53.1 Å². The van der Waals surface area contributed by atoms with Crippen molar-refractivity contribution in [2.24, 2.45) is 11.8 Å². The minimum atomic E-state index is -0.878. The minimum Gasteiger partial charge on any atom is -0.464 e. The number of H-pyrrole nitrogens is 1. The number of ether oxygens (including phenoxy) is 1. The van der Waals surface area contributed by atoms with Crippen molar-refractivity contribution in [3.63, 3.8) is 0 Å². The van der Waals surface area contributed by atoms with Crippen LogP contribution in [0.15, 0.2) is 41.0 Å². The average molecular weight is 618 g/mol. The van der Waals surface area contributed by atoms with Crippen LogP contribution in [-0.4, -0.2) is 95.4 Å². The Morgan fingerprint density at radius 2 is 1.87 bits per heavy atom. The Labute approximate surface area is 265 Å². The molecule has 0 bridgehead atoms. The second kappa shape index (κ2) is 12.6. The van der Waals surface area contributed by atoms with Crippen LogP contribution in [0.1, 0.15) is 58.7 Å². The summed E-state index contributed by atoms with van der Waals surface area (Å²) in [5, 5.41) is 4.13. The molecule has 0 saturated carbocycles. The van der Waals surface area contributed by atoms with Crippen LogP contribution in [-0.2, 0) is 31.1 Å². The molecule has 3 amide bonds. The first-order valence-electron chi connectivity index (χ1n) is 16.5. The van der Waals surface area contributed by atoms with Crippen molar-refractivity contribution < 1.29 is 23.5 Å². The van der Waals surface area contributed by atoms with Crippen LogP contribution in [0.2, 0.25) is 0 Å². The largest absolute Gasteiger partial charge is 0.464 e. The lowest BCUT2D eigenvalue weighted by Crippen LogP contribution is -2.65. The van der Waals surface area contributed by atoms with Gasteiger partial charge in [0.1, 0.15) is 5.76 Å². The van der Waals surface area contributed by atoms with Crippen molar-refractivity contribution >= 4 is 28.6 Å². The number of morpholine rings is 1. The van der Waals surface area contributed by atoms with Crippen LogP contribution in [0, 0.1) is 11.8 Å². The monoisotopic (exact) mass is 617 g/mol. The van der Waals surface area contributed by atoms with E-state index in [0.29, 0.717) is 39.1 Å². The van der Waals surface area contributed by atoms with Crippen LogP contribution < -0.4 is 5.32 Å². The smallest absolute Gasteiger partial charge is 0.228 e. The summed E-state index contributed by atoms with van der Waals surface area (Å²) in [6.07, 6.45) is 2.74. The van der Waals surface area contributed by atoms with E-state index >= 15 is 0 Å². The number of nitrogens with zero attached hydrogens (tertiary/aromatic N) is 3. The number of fused-ring (bicyclic) bond motifs is 5. The van der Waals surface area contributed by atoms with Crippen LogP contribution in [0.5, 0.6) is 0 Å². The number of amides is 3. The molecule has 2 saturated heterocycles. The number of hydrogen-bond acceptors (Lipinski definition) is 6. The van der Waals surface area contributed by atoms with Crippen molar-refractivity contribution in [1.82, 2.24) is 25.0 Å². The summed E-state index contributed by atoms with van der Waals surface area (Å²) in [5.41, 5.74) is 3.12. The van der Waals surface area contributed by atoms with Gasteiger partial charge in [-0.05, 0) is 71.2 Å². The summed E-state index contributed by atoms with van der Waals surface area (Å²) in [6, 6.07) is 10.1. The maximum absolute atomic E-state index is 14.6. The van der Waals surface area contributed by atoms with E-state index in [2.05, 4.69) is 33.4 Å². The molecular weight excluding hydrogens is 570 g/mol. The molecule has 2 N–H and O–H groups in total. The van der Waals surface area contributed by atoms with E-state index in [-0.39, 0.29) is 36.2 Å². The molecular formula is C35H47N5O5. The molecule has 242 valence electrons. The van der Waals surface area contributed by atoms with Gasteiger partial charge in [-0.3, -0.25) is 19.3 Å². The Kier molecular flexibility index (Phi) is 8.81. The van der Waals surface area contributed by atoms with E-state index < -0.39 is 17.4 Å². The molecule has 0 radical (unpaired) electrons. The fraction of sp³-hybridized carbons (Fsp3) is 0.571. The molecule has 3 aliphatic heterocycles. The Morgan fingerprint density at radius 1 is 1.11 bits per heavy atom. The van der Waals surface area contributed by atoms with Crippen LogP contribution in [0.3, 0.4) is 0 Å². The quantitative estimate of drug-likeness (QED) is 0.373. The number of aromatic nitrogens is 1. The second-order valence-corrected chi connectivity index (χ2v) is 13.5. The van der Waals surface area contributed by atoms with E-state index in [9.17, 15) is 14.4 Å². The van der Waals surface area contributed by atoms with Crippen LogP contribution in [0.25, 0.3) is 22.2 Å². The van der Waals surface area contributed by atoms with Gasteiger partial charge in [-0.15, -0.1) is 0 Å². The molecule has 45 heavy (non-hydrogen) atoms. The Morgan fingerprint density at radius 3 is 2.56 bits per heavy atom. The number of nitrogens with one attached hydrogen (secondary N) is 2. The SMILES string of the molecule is CC(C)N(C(=O)[C@H]1C[C@H](CC(=O)NCCN2CCOCC2)C(=O)N2CCc3c([nH]c4cc(-c5ccco5)ccc34)[C@]12C)C(C)C. The molecule has 1 aromatic carbocycles. The highest BCUT2D eigenvalue weighted by atomic mass is 16.5. The highest BCUT2D eigenvalue weighted by Gasteiger charge is 2.57. The zero-order valence-corrected chi connectivity index (χ0v) is 27.2. The Bertz CT molecular complexity index is 1530. The summed E-state index contributed by atoms with van der Waals surface area (Å²) < 4.78 is 11.1. The fourth-order valence-corrected chi connectivity index (χ4v) is 7.94. The van der Waals surface area contributed by atoms with E-state index in [1.165, 1.54) is 0 Å². The molecule has 2 fully saturated rings. The number of carbonyl (C=O) groups is 3. The summed E-state index contributed by atoms with van der Waals surface area (Å²) in [6.45, 7) is 15.1. The first-order valence-corrected chi connectivity index (χ1v) is 16.5. The molecule has 3 aliphatic rings. The molecule has 3 atom stereocenters. The zero-order valence-electron chi connectivity index (χ0n) is 27.2. The summed E-state index contributed by atoms with van der Waals surface area (Å²) >= 11 is 0. The zero-order chi connectivity index (χ0) is 31.9. The highest BCUT2D eigenvalue weighted by molar-refractivity contribution is 5.94.